The van der Waals surface area contributed by atoms with Gasteiger partial charge in [-0.15, -0.1) is 0 Å². The number of aromatic nitrogens is 2. The summed E-state index contributed by atoms with van der Waals surface area (Å²) in [6.07, 6.45) is 3.66. The van der Waals surface area contributed by atoms with Crippen molar-refractivity contribution in [1.82, 2.24) is 9.55 Å². The van der Waals surface area contributed by atoms with Gasteiger partial charge >= 0.3 is 0 Å². The van der Waals surface area contributed by atoms with E-state index in [0.29, 0.717) is 0 Å². The summed E-state index contributed by atoms with van der Waals surface area (Å²) in [5.41, 5.74) is 1.15. The van der Waals surface area contributed by atoms with Gasteiger partial charge in [-0.05, 0) is 28.1 Å². The minimum Gasteiger partial charge on any atom is -0.337 e. The van der Waals surface area contributed by atoms with Crippen LogP contribution in [0.3, 0.4) is 0 Å². The van der Waals surface area contributed by atoms with Crippen LogP contribution in [0.15, 0.2) is 29.1 Å². The minimum atomic E-state index is 1.08. The highest BCUT2D eigenvalue weighted by Crippen LogP contribution is 2.20. The van der Waals surface area contributed by atoms with Crippen LogP contribution < -0.4 is 0 Å². The predicted molar refractivity (Wildman–Crippen MR) is 48.4 cm³/mol. The zero-order chi connectivity index (χ0) is 7.84. The Kier molecular flexibility index (Phi) is 1.46. The van der Waals surface area contributed by atoms with Crippen molar-refractivity contribution in [3.8, 4) is 0 Å². The number of halogens is 1. The summed E-state index contributed by atoms with van der Waals surface area (Å²) in [5, 5.41) is 1.22. The quantitative estimate of drug-likeness (QED) is 0.653. The van der Waals surface area contributed by atoms with E-state index in [0.717, 1.165) is 10.1 Å². The van der Waals surface area contributed by atoms with Crippen LogP contribution in [0.25, 0.3) is 10.9 Å². The van der Waals surface area contributed by atoms with Gasteiger partial charge < -0.3 is 4.57 Å². The molecule has 11 heavy (non-hydrogen) atoms. The Hall–Kier alpha value is -0.830. The first kappa shape index (κ1) is 6.85. The number of fused-ring (bicyclic) bond motifs is 1. The van der Waals surface area contributed by atoms with Gasteiger partial charge in [-0.2, -0.15) is 0 Å². The first-order chi connectivity index (χ1) is 5.29. The Labute approximate surface area is 73.0 Å². The molecule has 0 aliphatic rings. The normalized spacial score (nSPS) is 10.7. The smallest absolute Gasteiger partial charge is 0.0855 e. The summed E-state index contributed by atoms with van der Waals surface area (Å²) in [4.78, 5) is 4.05. The lowest BCUT2D eigenvalue weighted by molar-refractivity contribution is 0.937. The standard InChI is InChI=1S/C8H7BrN2/c1-11-7-5-10-3-2-6(7)4-8(11)9/h2-5H,1H3. The monoisotopic (exact) mass is 210 g/mol. The third kappa shape index (κ3) is 0.959. The van der Waals surface area contributed by atoms with E-state index in [-0.39, 0.29) is 0 Å². The molecule has 0 N–H and O–H groups in total. The van der Waals surface area contributed by atoms with Gasteiger partial charge in [0.05, 0.1) is 16.3 Å². The molecule has 3 heteroatoms. The third-order valence-electron chi connectivity index (χ3n) is 1.79. The summed E-state index contributed by atoms with van der Waals surface area (Å²) in [6.45, 7) is 0. The fourth-order valence-electron chi connectivity index (χ4n) is 1.14. The van der Waals surface area contributed by atoms with E-state index in [9.17, 15) is 0 Å². The van der Waals surface area contributed by atoms with Crippen LogP contribution in [0, 0.1) is 0 Å². The molecule has 0 bridgehead atoms. The maximum atomic E-state index is 4.05. The van der Waals surface area contributed by atoms with E-state index < -0.39 is 0 Å². The number of nitrogens with zero attached hydrogens (tertiary/aromatic N) is 2. The molecule has 0 amide bonds. The van der Waals surface area contributed by atoms with Crippen molar-refractivity contribution in [2.45, 2.75) is 0 Å². The average molecular weight is 211 g/mol. The predicted octanol–water partition coefficient (Wildman–Crippen LogP) is 2.34. The average Bonchev–Trinajstić information content (AvgIpc) is 2.30. The Bertz CT molecular complexity index is 392. The SMILES string of the molecule is Cn1c(Br)cc2ccncc21. The van der Waals surface area contributed by atoms with E-state index in [4.69, 9.17) is 0 Å². The minimum absolute atomic E-state index is 1.08. The van der Waals surface area contributed by atoms with Gasteiger partial charge in [0, 0.05) is 18.6 Å². The highest BCUT2D eigenvalue weighted by atomic mass is 79.9. The van der Waals surface area contributed by atoms with Crippen LogP contribution in [0.4, 0.5) is 0 Å². The van der Waals surface area contributed by atoms with Gasteiger partial charge in [0.15, 0.2) is 0 Å². The Morgan fingerprint density at radius 3 is 3.09 bits per heavy atom. The second-order valence-electron chi connectivity index (χ2n) is 2.46. The third-order valence-corrected chi connectivity index (χ3v) is 2.55. The number of hydrogen-bond acceptors (Lipinski definition) is 1. The molecule has 0 aliphatic heterocycles. The molecule has 0 saturated carbocycles. The lowest BCUT2D eigenvalue weighted by Crippen LogP contribution is -1.86. The summed E-state index contributed by atoms with van der Waals surface area (Å²) in [6, 6.07) is 4.08. The van der Waals surface area contributed by atoms with Gasteiger partial charge in [-0.1, -0.05) is 0 Å². The van der Waals surface area contributed by atoms with Crippen LogP contribution in [0.5, 0.6) is 0 Å². The molecule has 0 atom stereocenters. The van der Waals surface area contributed by atoms with Crippen LogP contribution in [0.2, 0.25) is 0 Å². The van der Waals surface area contributed by atoms with Crippen molar-refractivity contribution in [3.05, 3.63) is 29.1 Å². The van der Waals surface area contributed by atoms with Gasteiger partial charge in [-0.25, -0.2) is 0 Å². The first-order valence-electron chi connectivity index (χ1n) is 3.34. The Balaban J connectivity index is 2.92. The molecular formula is C8H7BrN2. The Morgan fingerprint density at radius 2 is 2.36 bits per heavy atom. The zero-order valence-electron chi connectivity index (χ0n) is 6.08. The van der Waals surface area contributed by atoms with E-state index in [2.05, 4.69) is 31.5 Å². The molecule has 2 heterocycles. The second-order valence-corrected chi connectivity index (χ2v) is 3.27. The number of aryl methyl sites for hydroxylation is 1. The van der Waals surface area contributed by atoms with Crippen molar-refractivity contribution < 1.29 is 0 Å². The van der Waals surface area contributed by atoms with Gasteiger partial charge in [0.2, 0.25) is 0 Å². The van der Waals surface area contributed by atoms with Crippen molar-refractivity contribution in [3.63, 3.8) is 0 Å². The Morgan fingerprint density at radius 1 is 1.55 bits per heavy atom. The van der Waals surface area contributed by atoms with Crippen molar-refractivity contribution in [2.24, 2.45) is 7.05 Å². The molecule has 0 aliphatic carbocycles. The summed E-state index contributed by atoms with van der Waals surface area (Å²) < 4.78 is 3.14. The van der Waals surface area contributed by atoms with Crippen LogP contribution in [-0.2, 0) is 7.05 Å². The molecule has 2 nitrogen and oxygen atoms in total. The fourth-order valence-corrected chi connectivity index (χ4v) is 1.58. The van der Waals surface area contributed by atoms with E-state index in [1.54, 1.807) is 6.20 Å². The van der Waals surface area contributed by atoms with Gasteiger partial charge in [0.25, 0.3) is 0 Å². The summed E-state index contributed by atoms with van der Waals surface area (Å²) in [7, 11) is 2.01. The van der Waals surface area contributed by atoms with Crippen molar-refractivity contribution in [1.29, 1.82) is 0 Å². The van der Waals surface area contributed by atoms with E-state index >= 15 is 0 Å². The molecule has 0 unspecified atom stereocenters. The highest BCUT2D eigenvalue weighted by molar-refractivity contribution is 9.10. The molecule has 0 radical (unpaired) electrons. The highest BCUT2D eigenvalue weighted by Gasteiger charge is 2.00. The molecule has 56 valence electrons. The van der Waals surface area contributed by atoms with Crippen molar-refractivity contribution >= 4 is 26.8 Å². The lowest BCUT2D eigenvalue weighted by atomic mass is 10.3. The van der Waals surface area contributed by atoms with Crippen molar-refractivity contribution in [2.75, 3.05) is 0 Å². The molecule has 2 aromatic rings. The van der Waals surface area contributed by atoms with E-state index in [1.807, 2.05) is 19.3 Å². The molecule has 0 saturated heterocycles. The topological polar surface area (TPSA) is 17.8 Å². The molecule has 0 aromatic carbocycles. The molecule has 0 fully saturated rings. The molecule has 2 rings (SSSR count). The first-order valence-corrected chi connectivity index (χ1v) is 4.13. The molecule has 0 spiro atoms. The largest absolute Gasteiger partial charge is 0.337 e. The number of rotatable bonds is 0. The zero-order valence-corrected chi connectivity index (χ0v) is 7.67. The number of hydrogen-bond donors (Lipinski definition) is 0. The molecule has 2 aromatic heterocycles. The van der Waals surface area contributed by atoms with Crippen LogP contribution in [0.1, 0.15) is 0 Å². The summed E-state index contributed by atoms with van der Waals surface area (Å²) >= 11 is 3.44. The van der Waals surface area contributed by atoms with Gasteiger partial charge in [-0.3, -0.25) is 4.98 Å². The molecular weight excluding hydrogens is 204 g/mol. The summed E-state index contributed by atoms with van der Waals surface area (Å²) in [5.74, 6) is 0. The van der Waals surface area contributed by atoms with Gasteiger partial charge in [0.1, 0.15) is 0 Å². The number of pyridine rings is 1. The van der Waals surface area contributed by atoms with Crippen LogP contribution >= 0.6 is 15.9 Å². The second kappa shape index (κ2) is 2.34. The lowest BCUT2D eigenvalue weighted by Gasteiger charge is -1.94. The van der Waals surface area contributed by atoms with Crippen LogP contribution in [-0.4, -0.2) is 9.55 Å². The fraction of sp³-hybridized carbons (Fsp3) is 0.125. The van der Waals surface area contributed by atoms with E-state index in [1.165, 1.54) is 5.39 Å². The maximum Gasteiger partial charge on any atom is 0.0855 e. The maximum absolute atomic E-state index is 4.05.